The van der Waals surface area contributed by atoms with Crippen molar-refractivity contribution in [2.24, 2.45) is 7.05 Å². The topological polar surface area (TPSA) is 63.1 Å². The molecule has 1 aliphatic heterocycles. The molecule has 0 spiro atoms. The number of pyridine rings is 1. The number of anilines is 1. The molecule has 6 nitrogen and oxygen atoms in total. The van der Waals surface area contributed by atoms with Gasteiger partial charge in [0.1, 0.15) is 0 Å². The van der Waals surface area contributed by atoms with E-state index in [-0.39, 0.29) is 36.4 Å². The Bertz CT molecular complexity index is 1110. The monoisotopic (exact) mass is 501 g/mol. The maximum Gasteiger partial charge on any atom is 0.255 e. The molecule has 1 atom stereocenters. The summed E-state index contributed by atoms with van der Waals surface area (Å²) in [5, 5.41) is 3.65. The fourth-order valence-electron chi connectivity index (χ4n) is 5.07. The van der Waals surface area contributed by atoms with Gasteiger partial charge in [-0.3, -0.25) is 14.3 Å². The fourth-order valence-corrected chi connectivity index (χ4v) is 5.07. The van der Waals surface area contributed by atoms with E-state index in [1.165, 1.54) is 43.2 Å². The first-order valence-electron chi connectivity index (χ1n) is 11.8. The van der Waals surface area contributed by atoms with Crippen LogP contribution >= 0.6 is 24.8 Å². The first-order valence-corrected chi connectivity index (χ1v) is 11.8. The van der Waals surface area contributed by atoms with Gasteiger partial charge in [0.25, 0.3) is 5.56 Å². The predicted molar refractivity (Wildman–Crippen MR) is 142 cm³/mol. The Morgan fingerprint density at radius 3 is 2.32 bits per heavy atom. The van der Waals surface area contributed by atoms with Gasteiger partial charge in [0.2, 0.25) is 5.95 Å². The number of hydrogen-bond donors (Lipinski definition) is 1. The van der Waals surface area contributed by atoms with Crippen LogP contribution in [0.3, 0.4) is 0 Å². The molecule has 34 heavy (non-hydrogen) atoms. The molecule has 1 saturated carbocycles. The van der Waals surface area contributed by atoms with Crippen molar-refractivity contribution in [3.05, 3.63) is 76.3 Å². The van der Waals surface area contributed by atoms with E-state index in [9.17, 15) is 4.79 Å². The third kappa shape index (κ3) is 5.62. The van der Waals surface area contributed by atoms with Crippen LogP contribution in [-0.2, 0) is 7.05 Å². The molecular formula is C26H33Cl2N5O. The van der Waals surface area contributed by atoms with E-state index in [0.29, 0.717) is 5.69 Å². The van der Waals surface area contributed by atoms with Crippen molar-refractivity contribution in [3.63, 3.8) is 0 Å². The summed E-state index contributed by atoms with van der Waals surface area (Å²) in [7, 11) is 1.80. The molecule has 3 heterocycles. The maximum absolute atomic E-state index is 12.7. The number of benzene rings is 1. The van der Waals surface area contributed by atoms with Gasteiger partial charge in [-0.15, -0.1) is 24.8 Å². The molecule has 0 amide bonds. The van der Waals surface area contributed by atoms with E-state index < -0.39 is 0 Å². The van der Waals surface area contributed by atoms with Crippen LogP contribution < -0.4 is 15.8 Å². The first-order chi connectivity index (χ1) is 15.7. The molecule has 3 aromatic rings. The van der Waals surface area contributed by atoms with Gasteiger partial charge in [0.05, 0.1) is 5.69 Å². The summed E-state index contributed by atoms with van der Waals surface area (Å²) >= 11 is 0. The van der Waals surface area contributed by atoms with E-state index in [1.807, 2.05) is 12.1 Å². The third-order valence-corrected chi connectivity index (χ3v) is 6.96. The summed E-state index contributed by atoms with van der Waals surface area (Å²) in [6, 6.07) is 14.8. The van der Waals surface area contributed by atoms with Gasteiger partial charge >= 0.3 is 0 Å². The van der Waals surface area contributed by atoms with Gasteiger partial charge in [0, 0.05) is 56.7 Å². The van der Waals surface area contributed by atoms with E-state index in [2.05, 4.69) is 39.5 Å². The van der Waals surface area contributed by atoms with Crippen LogP contribution in [0.15, 0.2) is 59.7 Å². The Morgan fingerprint density at radius 1 is 0.941 bits per heavy atom. The van der Waals surface area contributed by atoms with Gasteiger partial charge < -0.3 is 10.2 Å². The quantitative estimate of drug-likeness (QED) is 0.551. The zero-order valence-electron chi connectivity index (χ0n) is 19.5. The van der Waals surface area contributed by atoms with Crippen molar-refractivity contribution in [3.8, 4) is 11.3 Å². The number of halogens is 2. The fraction of sp³-hybridized carbons (Fsp3) is 0.423. The van der Waals surface area contributed by atoms with Crippen LogP contribution in [0.2, 0.25) is 0 Å². The molecular weight excluding hydrogens is 469 g/mol. The van der Waals surface area contributed by atoms with Crippen LogP contribution in [0.5, 0.6) is 0 Å². The van der Waals surface area contributed by atoms with Crippen molar-refractivity contribution in [1.82, 2.24) is 19.9 Å². The highest BCUT2D eigenvalue weighted by Gasteiger charge is 2.24. The second-order valence-corrected chi connectivity index (χ2v) is 9.03. The molecule has 8 heteroatoms. The van der Waals surface area contributed by atoms with Gasteiger partial charge in [-0.25, -0.2) is 4.98 Å². The summed E-state index contributed by atoms with van der Waals surface area (Å²) in [4.78, 5) is 23.8. The largest absolute Gasteiger partial charge is 0.339 e. The molecule has 2 aromatic heterocycles. The Balaban J connectivity index is 0.00000162. The molecule has 0 bridgehead atoms. The Hall–Kier alpha value is -2.41. The minimum absolute atomic E-state index is 0. The Labute approximate surface area is 213 Å². The summed E-state index contributed by atoms with van der Waals surface area (Å²) in [5.74, 6) is 1.44. The lowest BCUT2D eigenvalue weighted by Gasteiger charge is -2.35. The molecule has 5 rings (SSSR count). The first kappa shape index (κ1) is 26.2. The molecule has 1 saturated heterocycles. The second kappa shape index (κ2) is 11.8. The summed E-state index contributed by atoms with van der Waals surface area (Å²) < 4.78 is 1.65. The zero-order chi connectivity index (χ0) is 21.9. The van der Waals surface area contributed by atoms with Crippen molar-refractivity contribution >= 4 is 30.8 Å². The highest BCUT2D eigenvalue weighted by molar-refractivity contribution is 5.85. The second-order valence-electron chi connectivity index (χ2n) is 9.03. The highest BCUT2D eigenvalue weighted by Crippen LogP contribution is 2.33. The summed E-state index contributed by atoms with van der Waals surface area (Å²) in [6.07, 6.45) is 10.2. The van der Waals surface area contributed by atoms with Gasteiger partial charge in [-0.1, -0.05) is 43.5 Å². The lowest BCUT2D eigenvalue weighted by Crippen LogP contribution is -2.47. The van der Waals surface area contributed by atoms with Crippen LogP contribution in [-0.4, -0.2) is 34.2 Å². The van der Waals surface area contributed by atoms with E-state index in [1.54, 1.807) is 30.1 Å². The number of nitrogens with one attached hydrogen (secondary N) is 1. The average Bonchev–Trinajstić information content (AvgIpc) is 2.87. The number of nitrogens with zero attached hydrogens (tertiary/aromatic N) is 4. The SMILES string of the molecule is Cl.Cl.Cn1c(N2CCN[C@@H](c3ccc(C4CCCCC4)cc3)C2)nc(-c2ccncc2)cc1=O. The molecule has 0 radical (unpaired) electrons. The van der Waals surface area contributed by atoms with Crippen LogP contribution in [0.25, 0.3) is 11.3 Å². The number of aromatic nitrogens is 3. The van der Waals surface area contributed by atoms with Crippen molar-refractivity contribution in [1.29, 1.82) is 0 Å². The smallest absolute Gasteiger partial charge is 0.255 e. The summed E-state index contributed by atoms with van der Waals surface area (Å²) in [6.45, 7) is 2.45. The Morgan fingerprint density at radius 2 is 1.62 bits per heavy atom. The third-order valence-electron chi connectivity index (χ3n) is 6.96. The van der Waals surface area contributed by atoms with E-state index in [0.717, 1.165) is 37.1 Å². The van der Waals surface area contributed by atoms with Gasteiger partial charge in [0.15, 0.2) is 0 Å². The average molecular weight is 502 g/mol. The zero-order valence-corrected chi connectivity index (χ0v) is 21.2. The van der Waals surface area contributed by atoms with E-state index >= 15 is 0 Å². The number of piperazine rings is 1. The maximum atomic E-state index is 12.7. The van der Waals surface area contributed by atoms with Crippen molar-refractivity contribution in [2.45, 2.75) is 44.1 Å². The van der Waals surface area contributed by atoms with Crippen molar-refractivity contribution in [2.75, 3.05) is 24.5 Å². The van der Waals surface area contributed by atoms with Gasteiger partial charge in [-0.2, -0.15) is 0 Å². The standard InChI is InChI=1S/C26H31N5O.2ClH/c1-30-25(32)17-23(22-11-13-27-14-12-22)29-26(30)31-16-15-28-24(18-31)21-9-7-20(8-10-21)19-5-3-2-4-6-19;;/h7-14,17,19,24,28H,2-6,15-16,18H2,1H3;2*1H/t24-;;/m1../s1. The van der Waals surface area contributed by atoms with Crippen LogP contribution in [0.1, 0.15) is 55.2 Å². The molecule has 1 aliphatic carbocycles. The molecule has 2 aliphatic rings. The molecule has 182 valence electrons. The number of hydrogen-bond acceptors (Lipinski definition) is 5. The molecule has 0 unspecified atom stereocenters. The molecule has 1 aromatic carbocycles. The van der Waals surface area contributed by atoms with Crippen LogP contribution in [0.4, 0.5) is 5.95 Å². The van der Waals surface area contributed by atoms with Gasteiger partial charge in [-0.05, 0) is 42.0 Å². The normalized spacial score (nSPS) is 18.6. The lowest BCUT2D eigenvalue weighted by molar-refractivity contribution is 0.442. The van der Waals surface area contributed by atoms with E-state index in [4.69, 9.17) is 4.98 Å². The van der Waals surface area contributed by atoms with Crippen LogP contribution in [0, 0.1) is 0 Å². The minimum atomic E-state index is -0.0475. The highest BCUT2D eigenvalue weighted by atomic mass is 35.5. The minimum Gasteiger partial charge on any atom is -0.339 e. The number of rotatable bonds is 4. The molecule has 1 N–H and O–H groups in total. The Kier molecular flexibility index (Phi) is 9.11. The predicted octanol–water partition coefficient (Wildman–Crippen LogP) is 4.88. The summed E-state index contributed by atoms with van der Waals surface area (Å²) in [5.41, 5.74) is 4.33. The van der Waals surface area contributed by atoms with Crippen molar-refractivity contribution < 1.29 is 0 Å². The molecule has 2 fully saturated rings. The lowest BCUT2D eigenvalue weighted by atomic mass is 9.83.